The van der Waals surface area contributed by atoms with Gasteiger partial charge in [-0.15, -0.1) is 6.42 Å². The molecule has 1 heterocycles. The molecule has 0 N–H and O–H groups in total. The molecule has 0 saturated heterocycles. The molecule has 0 saturated carbocycles. The largest absolute Gasteiger partial charge is 0.474 e. The van der Waals surface area contributed by atoms with E-state index in [4.69, 9.17) is 15.9 Å². The third-order valence-corrected chi connectivity index (χ3v) is 2.17. The fourth-order valence-corrected chi connectivity index (χ4v) is 0.908. The van der Waals surface area contributed by atoms with Crippen molar-refractivity contribution in [2.24, 2.45) is 5.92 Å². The molecule has 0 bridgehead atoms. The van der Waals surface area contributed by atoms with Crippen molar-refractivity contribution in [1.82, 2.24) is 9.97 Å². The second kappa shape index (κ2) is 5.96. The SMILES string of the molecule is C#CCOc1cc(O[C@H](C)C(C)C)ncn1. The van der Waals surface area contributed by atoms with E-state index in [1.807, 2.05) is 6.92 Å². The van der Waals surface area contributed by atoms with E-state index in [0.717, 1.165) is 0 Å². The number of hydrogen-bond acceptors (Lipinski definition) is 4. The van der Waals surface area contributed by atoms with Crippen molar-refractivity contribution < 1.29 is 9.47 Å². The van der Waals surface area contributed by atoms with E-state index in [2.05, 4.69) is 29.7 Å². The highest BCUT2D eigenvalue weighted by Gasteiger charge is 2.10. The van der Waals surface area contributed by atoms with Gasteiger partial charge in [-0.25, -0.2) is 9.97 Å². The minimum Gasteiger partial charge on any atom is -0.474 e. The average molecular weight is 220 g/mol. The molecule has 0 aliphatic rings. The quantitative estimate of drug-likeness (QED) is 0.711. The number of rotatable bonds is 5. The smallest absolute Gasteiger partial charge is 0.221 e. The molecule has 4 heteroatoms. The molecule has 86 valence electrons. The molecule has 0 unspecified atom stereocenters. The Morgan fingerprint density at radius 2 is 2.00 bits per heavy atom. The Labute approximate surface area is 96.0 Å². The summed E-state index contributed by atoms with van der Waals surface area (Å²) in [5.74, 6) is 3.73. The lowest BCUT2D eigenvalue weighted by Gasteiger charge is -2.17. The molecule has 0 aliphatic carbocycles. The number of terminal acetylenes is 1. The number of hydrogen-bond donors (Lipinski definition) is 0. The predicted octanol–water partition coefficient (Wildman–Crippen LogP) is 1.91. The summed E-state index contributed by atoms with van der Waals surface area (Å²) in [6.45, 7) is 6.36. The molecular formula is C12H16N2O2. The van der Waals surface area contributed by atoms with Crippen LogP contribution in [-0.4, -0.2) is 22.7 Å². The molecular weight excluding hydrogens is 204 g/mol. The second-order valence-electron chi connectivity index (χ2n) is 3.75. The molecule has 4 nitrogen and oxygen atoms in total. The fraction of sp³-hybridized carbons (Fsp3) is 0.500. The van der Waals surface area contributed by atoms with Gasteiger partial charge in [0.2, 0.25) is 11.8 Å². The maximum atomic E-state index is 5.61. The first-order chi connectivity index (χ1) is 7.63. The maximum absolute atomic E-state index is 5.61. The lowest BCUT2D eigenvalue weighted by Crippen LogP contribution is -2.19. The van der Waals surface area contributed by atoms with Crippen LogP contribution in [0.2, 0.25) is 0 Å². The van der Waals surface area contributed by atoms with Crippen LogP contribution in [0.3, 0.4) is 0 Å². The molecule has 1 atom stereocenters. The standard InChI is InChI=1S/C12H16N2O2/c1-5-6-15-11-7-12(14-8-13-11)16-10(4)9(2)3/h1,7-10H,6H2,2-4H3/t10-/m1/s1. The minimum absolute atomic E-state index is 0.0929. The van der Waals surface area contributed by atoms with E-state index in [9.17, 15) is 0 Å². The Kier molecular flexibility index (Phi) is 4.59. The molecule has 0 aromatic carbocycles. The highest BCUT2D eigenvalue weighted by Crippen LogP contribution is 2.16. The first-order valence-electron chi connectivity index (χ1n) is 5.18. The van der Waals surface area contributed by atoms with Crippen LogP contribution >= 0.6 is 0 Å². The minimum atomic E-state index is 0.0929. The summed E-state index contributed by atoms with van der Waals surface area (Å²) in [7, 11) is 0. The third kappa shape index (κ3) is 3.77. The molecule has 0 amide bonds. The average Bonchev–Trinajstić information content (AvgIpc) is 2.26. The Hall–Kier alpha value is -1.76. The van der Waals surface area contributed by atoms with Crippen molar-refractivity contribution in [3.05, 3.63) is 12.4 Å². The number of nitrogens with zero attached hydrogens (tertiary/aromatic N) is 2. The summed E-state index contributed by atoms with van der Waals surface area (Å²) in [6, 6.07) is 1.64. The lowest BCUT2D eigenvalue weighted by atomic mass is 10.1. The fourth-order valence-electron chi connectivity index (χ4n) is 0.908. The van der Waals surface area contributed by atoms with Gasteiger partial charge in [0.05, 0.1) is 12.2 Å². The van der Waals surface area contributed by atoms with Gasteiger partial charge >= 0.3 is 0 Å². The zero-order valence-electron chi connectivity index (χ0n) is 9.80. The summed E-state index contributed by atoms with van der Waals surface area (Å²) < 4.78 is 10.8. The van der Waals surface area contributed by atoms with E-state index in [-0.39, 0.29) is 12.7 Å². The van der Waals surface area contributed by atoms with Crippen LogP contribution in [-0.2, 0) is 0 Å². The predicted molar refractivity (Wildman–Crippen MR) is 61.3 cm³/mol. The van der Waals surface area contributed by atoms with Crippen molar-refractivity contribution >= 4 is 0 Å². The van der Waals surface area contributed by atoms with Crippen molar-refractivity contribution in [2.45, 2.75) is 26.9 Å². The maximum Gasteiger partial charge on any atom is 0.221 e. The molecule has 16 heavy (non-hydrogen) atoms. The zero-order chi connectivity index (χ0) is 12.0. The molecule has 0 radical (unpaired) electrons. The third-order valence-electron chi connectivity index (χ3n) is 2.17. The van der Waals surface area contributed by atoms with Gasteiger partial charge in [-0.05, 0) is 12.8 Å². The molecule has 1 rings (SSSR count). The van der Waals surface area contributed by atoms with Crippen molar-refractivity contribution in [3.8, 4) is 24.1 Å². The van der Waals surface area contributed by atoms with Crippen LogP contribution in [0.15, 0.2) is 12.4 Å². The molecule has 0 aliphatic heterocycles. The van der Waals surface area contributed by atoms with E-state index in [1.54, 1.807) is 6.07 Å². The molecule has 1 aromatic heterocycles. The van der Waals surface area contributed by atoms with Crippen LogP contribution in [0.4, 0.5) is 0 Å². The van der Waals surface area contributed by atoms with Crippen molar-refractivity contribution in [2.75, 3.05) is 6.61 Å². The van der Waals surface area contributed by atoms with Gasteiger partial charge < -0.3 is 9.47 Å². The lowest BCUT2D eigenvalue weighted by molar-refractivity contribution is 0.162. The highest BCUT2D eigenvalue weighted by atomic mass is 16.5. The summed E-state index contributed by atoms with van der Waals surface area (Å²) in [5.41, 5.74) is 0. The summed E-state index contributed by atoms with van der Waals surface area (Å²) in [6.07, 6.45) is 6.58. The van der Waals surface area contributed by atoms with Gasteiger partial charge in [0.15, 0.2) is 6.61 Å². The molecule has 1 aromatic rings. The Bertz CT molecular complexity index is 372. The van der Waals surface area contributed by atoms with Gasteiger partial charge in [-0.1, -0.05) is 19.8 Å². The van der Waals surface area contributed by atoms with Crippen LogP contribution in [0, 0.1) is 18.3 Å². The van der Waals surface area contributed by atoms with E-state index < -0.39 is 0 Å². The molecule has 0 spiro atoms. The topological polar surface area (TPSA) is 44.2 Å². The van der Waals surface area contributed by atoms with E-state index in [1.165, 1.54) is 6.33 Å². The monoisotopic (exact) mass is 220 g/mol. The van der Waals surface area contributed by atoms with Gasteiger partial charge in [-0.3, -0.25) is 0 Å². The van der Waals surface area contributed by atoms with Crippen LogP contribution in [0.1, 0.15) is 20.8 Å². The van der Waals surface area contributed by atoms with Gasteiger partial charge in [-0.2, -0.15) is 0 Å². The Balaban J connectivity index is 2.64. The van der Waals surface area contributed by atoms with Crippen LogP contribution in [0.25, 0.3) is 0 Å². The summed E-state index contributed by atoms with van der Waals surface area (Å²) in [4.78, 5) is 7.93. The number of aromatic nitrogens is 2. The van der Waals surface area contributed by atoms with Crippen molar-refractivity contribution in [1.29, 1.82) is 0 Å². The second-order valence-corrected chi connectivity index (χ2v) is 3.75. The van der Waals surface area contributed by atoms with E-state index in [0.29, 0.717) is 17.7 Å². The number of ether oxygens (including phenoxy) is 2. The van der Waals surface area contributed by atoms with Crippen molar-refractivity contribution in [3.63, 3.8) is 0 Å². The first-order valence-corrected chi connectivity index (χ1v) is 5.18. The van der Waals surface area contributed by atoms with Crippen LogP contribution < -0.4 is 9.47 Å². The first kappa shape index (κ1) is 12.3. The highest BCUT2D eigenvalue weighted by molar-refractivity contribution is 5.18. The Morgan fingerprint density at radius 3 is 2.62 bits per heavy atom. The van der Waals surface area contributed by atoms with Gasteiger partial charge in [0.25, 0.3) is 0 Å². The summed E-state index contributed by atoms with van der Waals surface area (Å²) in [5, 5.41) is 0. The van der Waals surface area contributed by atoms with Crippen LogP contribution in [0.5, 0.6) is 11.8 Å². The molecule has 0 fully saturated rings. The van der Waals surface area contributed by atoms with Gasteiger partial charge in [0, 0.05) is 0 Å². The Morgan fingerprint density at radius 1 is 1.31 bits per heavy atom. The normalized spacial score (nSPS) is 11.9. The van der Waals surface area contributed by atoms with Gasteiger partial charge in [0.1, 0.15) is 6.33 Å². The van der Waals surface area contributed by atoms with E-state index >= 15 is 0 Å². The summed E-state index contributed by atoms with van der Waals surface area (Å²) >= 11 is 0. The zero-order valence-corrected chi connectivity index (χ0v) is 9.80.